The molecule has 6 N–H and O–H groups in total. The number of aromatic amines is 2. The Morgan fingerprint density at radius 2 is 1.67 bits per heavy atom. The summed E-state index contributed by atoms with van der Waals surface area (Å²) in [5, 5.41) is 2.15. The second-order valence-electron chi connectivity index (χ2n) is 5.65. The van der Waals surface area contributed by atoms with Gasteiger partial charge in [0, 0.05) is 17.6 Å². The first-order valence-corrected chi connectivity index (χ1v) is 10.6. The standard InChI is InChI=1S/C17H9BrN4S.ClHO4.2H2O/c18-12-6-5-11(23-12)17-21-15-9-3-1-7-19-13(9)14-10(16(15)22-17)4-2-8-20-14;2-1(3,4)5;;/h1-8H,(H,21,22);(H,2,3,4,5);2*1H2. The fourth-order valence-electron chi connectivity index (χ4n) is 2.96. The first-order valence-electron chi connectivity index (χ1n) is 7.75. The predicted molar refractivity (Wildman–Crippen MR) is 104 cm³/mol. The Morgan fingerprint density at radius 3 is 2.33 bits per heavy atom. The lowest BCUT2D eigenvalue weighted by Gasteiger charge is -2.17. The smallest absolute Gasteiger partial charge is 0.239 e. The summed E-state index contributed by atoms with van der Waals surface area (Å²) in [6.07, 6.45) is 3.74. The number of H-pyrrole nitrogens is 2. The lowest BCUT2D eigenvalue weighted by atomic mass is 10.1. The molecule has 10 nitrogen and oxygen atoms in total. The van der Waals surface area contributed by atoms with Crippen LogP contribution in [0.2, 0.25) is 0 Å². The molecule has 5 aromatic rings. The van der Waals surface area contributed by atoms with Crippen LogP contribution in [0.25, 0.3) is 43.5 Å². The minimum absolute atomic E-state index is 0. The highest BCUT2D eigenvalue weighted by atomic mass is 79.9. The van der Waals surface area contributed by atoms with Crippen LogP contribution in [-0.2, 0) is 0 Å². The maximum absolute atomic E-state index is 8.49. The van der Waals surface area contributed by atoms with E-state index in [1.54, 1.807) is 11.3 Å². The number of aromatic nitrogens is 4. The summed E-state index contributed by atoms with van der Waals surface area (Å²) < 4.78 is 35.1. The maximum atomic E-state index is 8.49. The zero-order valence-corrected chi connectivity index (χ0v) is 18.0. The van der Waals surface area contributed by atoms with E-state index in [1.165, 1.54) is 0 Å². The average Bonchev–Trinajstić information content (AvgIpc) is 3.27. The van der Waals surface area contributed by atoms with Gasteiger partial charge in [0.05, 0.1) is 19.6 Å². The summed E-state index contributed by atoms with van der Waals surface area (Å²) in [4.78, 5) is 17.3. The third-order valence-electron chi connectivity index (χ3n) is 3.94. The highest BCUT2D eigenvalue weighted by molar-refractivity contribution is 9.11. The van der Waals surface area contributed by atoms with E-state index in [0.29, 0.717) is 0 Å². The molecule has 0 aliphatic carbocycles. The minimum Gasteiger partial charge on any atom is -0.412 e. The molecule has 0 bridgehead atoms. The molecule has 0 aliphatic rings. The number of halogens is 2. The fourth-order valence-corrected chi connectivity index (χ4v) is 4.29. The number of fused-ring (bicyclic) bond motifs is 6. The van der Waals surface area contributed by atoms with Crippen molar-refractivity contribution in [1.29, 1.82) is 0 Å². The van der Waals surface area contributed by atoms with Gasteiger partial charge in [0.1, 0.15) is 16.9 Å². The SMILES string of the molecule is Brc1ccc(-c2nc3c4ccc[nH+]c4c4ncccc4c3[nH]2)s1.O.O.[O-][Cl+3]([O-])([O-])[O-]. The molecule has 1 aromatic carbocycles. The molecule has 0 aliphatic heterocycles. The molecule has 0 fully saturated rings. The van der Waals surface area contributed by atoms with Gasteiger partial charge in [-0.05, 0) is 46.3 Å². The highest BCUT2D eigenvalue weighted by Gasteiger charge is 2.18. The number of benzene rings is 1. The summed E-state index contributed by atoms with van der Waals surface area (Å²) in [7, 11) is -4.94. The Morgan fingerprint density at radius 1 is 0.967 bits per heavy atom. The van der Waals surface area contributed by atoms with Gasteiger partial charge < -0.3 is 15.9 Å². The van der Waals surface area contributed by atoms with Crippen molar-refractivity contribution in [3.8, 4) is 10.7 Å². The van der Waals surface area contributed by atoms with Gasteiger partial charge in [0.15, 0.2) is 6.20 Å². The minimum atomic E-state index is -4.94. The van der Waals surface area contributed by atoms with Crippen LogP contribution < -0.4 is 23.6 Å². The zero-order valence-electron chi connectivity index (χ0n) is 14.8. The van der Waals surface area contributed by atoms with Crippen LogP contribution in [0.4, 0.5) is 0 Å². The van der Waals surface area contributed by atoms with Gasteiger partial charge in [-0.3, -0.25) is 0 Å². The summed E-state index contributed by atoms with van der Waals surface area (Å²) in [6.45, 7) is 0. The van der Waals surface area contributed by atoms with Gasteiger partial charge in [-0.1, -0.05) is 0 Å². The largest absolute Gasteiger partial charge is 0.412 e. The molecular formula is C17H14BrClN4O6S. The lowest BCUT2D eigenvalue weighted by molar-refractivity contribution is -2.00. The number of pyridine rings is 2. The molecule has 4 aromatic heterocycles. The Hall–Kier alpha value is -2.26. The third kappa shape index (κ3) is 4.89. The molecule has 4 heterocycles. The van der Waals surface area contributed by atoms with Gasteiger partial charge in [0.25, 0.3) is 0 Å². The van der Waals surface area contributed by atoms with Crippen LogP contribution in [0, 0.1) is 10.2 Å². The van der Waals surface area contributed by atoms with Crippen molar-refractivity contribution in [3.63, 3.8) is 0 Å². The number of rotatable bonds is 1. The first kappa shape index (κ1) is 24.0. The topological polar surface area (TPSA) is 211 Å². The molecule has 5 rings (SSSR count). The average molecular weight is 518 g/mol. The highest BCUT2D eigenvalue weighted by Crippen LogP contribution is 2.35. The summed E-state index contributed by atoms with van der Waals surface area (Å²) in [5.74, 6) is 0.886. The molecule has 0 radical (unpaired) electrons. The Kier molecular flexibility index (Phi) is 7.41. The molecule has 0 saturated carbocycles. The monoisotopic (exact) mass is 516 g/mol. The van der Waals surface area contributed by atoms with Crippen LogP contribution in [0.5, 0.6) is 0 Å². The molecule has 13 heteroatoms. The Labute approximate surface area is 183 Å². The summed E-state index contributed by atoms with van der Waals surface area (Å²) >= 11 is 5.18. The Balaban J connectivity index is 0.000000415. The number of hydrogen-bond donors (Lipinski definition) is 1. The predicted octanol–water partition coefficient (Wildman–Crippen LogP) is -1.84. The first-order chi connectivity index (χ1) is 13.3. The Bertz CT molecular complexity index is 1230. The van der Waals surface area contributed by atoms with Gasteiger partial charge in [-0.25, -0.2) is 33.6 Å². The molecule has 0 unspecified atom stereocenters. The van der Waals surface area contributed by atoms with Gasteiger partial charge in [-0.15, -0.1) is 21.6 Å². The normalized spacial score (nSPS) is 11.0. The van der Waals surface area contributed by atoms with Crippen molar-refractivity contribution in [2.75, 3.05) is 0 Å². The van der Waals surface area contributed by atoms with E-state index in [4.69, 9.17) is 23.6 Å². The molecule has 0 saturated heterocycles. The van der Waals surface area contributed by atoms with E-state index in [-0.39, 0.29) is 11.0 Å². The van der Waals surface area contributed by atoms with Crippen molar-refractivity contribution in [3.05, 3.63) is 52.6 Å². The number of thiophene rings is 1. The summed E-state index contributed by atoms with van der Waals surface area (Å²) in [6, 6.07) is 12.2. The van der Waals surface area contributed by atoms with Crippen molar-refractivity contribution in [2.24, 2.45) is 0 Å². The molecule has 0 amide bonds. The quantitative estimate of drug-likeness (QED) is 0.252. The number of nitrogens with zero attached hydrogens (tertiary/aromatic N) is 2. The molecule has 30 heavy (non-hydrogen) atoms. The van der Waals surface area contributed by atoms with E-state index >= 15 is 0 Å². The van der Waals surface area contributed by atoms with Gasteiger partial charge in [-0.2, -0.15) is 0 Å². The molecule has 0 atom stereocenters. The van der Waals surface area contributed by atoms with Crippen LogP contribution >= 0.6 is 27.3 Å². The van der Waals surface area contributed by atoms with E-state index < -0.39 is 10.2 Å². The van der Waals surface area contributed by atoms with Crippen LogP contribution in [-0.4, -0.2) is 25.9 Å². The summed E-state index contributed by atoms with van der Waals surface area (Å²) in [5.41, 5.74) is 3.97. The molecule has 158 valence electrons. The third-order valence-corrected chi connectivity index (χ3v) is 5.57. The van der Waals surface area contributed by atoms with E-state index in [0.717, 1.165) is 47.3 Å². The molecular weight excluding hydrogens is 504 g/mol. The fraction of sp³-hybridized carbons (Fsp3) is 0. The number of hydrogen-bond acceptors (Lipinski definition) is 7. The lowest BCUT2D eigenvalue weighted by Crippen LogP contribution is -2.68. The van der Waals surface area contributed by atoms with Crippen LogP contribution in [0.3, 0.4) is 0 Å². The van der Waals surface area contributed by atoms with Crippen LogP contribution in [0.1, 0.15) is 0 Å². The van der Waals surface area contributed by atoms with E-state index in [1.807, 2.05) is 30.6 Å². The van der Waals surface area contributed by atoms with Crippen molar-refractivity contribution < 1.29 is 44.8 Å². The second-order valence-corrected chi connectivity index (χ2v) is 8.87. The number of nitrogens with one attached hydrogen (secondary N) is 2. The van der Waals surface area contributed by atoms with Gasteiger partial charge in [0.2, 0.25) is 5.52 Å². The van der Waals surface area contributed by atoms with Crippen molar-refractivity contribution in [2.45, 2.75) is 0 Å². The van der Waals surface area contributed by atoms with E-state index in [2.05, 4.69) is 49.1 Å². The van der Waals surface area contributed by atoms with Gasteiger partial charge >= 0.3 is 0 Å². The van der Waals surface area contributed by atoms with Crippen molar-refractivity contribution >= 4 is 60.1 Å². The van der Waals surface area contributed by atoms with E-state index in [9.17, 15) is 0 Å². The molecule has 0 spiro atoms. The maximum Gasteiger partial charge on any atom is 0.239 e. The van der Waals surface area contributed by atoms with Crippen LogP contribution in [0.15, 0.2) is 52.6 Å². The second kappa shape index (κ2) is 9.26. The number of imidazole rings is 1. The van der Waals surface area contributed by atoms with Crippen molar-refractivity contribution in [1.82, 2.24) is 15.0 Å². The zero-order chi connectivity index (χ0) is 19.9.